The number of fused-ring (bicyclic) bond motifs is 1. The summed E-state index contributed by atoms with van der Waals surface area (Å²) in [6.45, 7) is 1.77. The number of rotatable bonds is 9. The number of alkyl halides is 2. The van der Waals surface area contributed by atoms with Gasteiger partial charge in [0.15, 0.2) is 17.5 Å². The van der Waals surface area contributed by atoms with Crippen LogP contribution in [0, 0.1) is 6.92 Å². The summed E-state index contributed by atoms with van der Waals surface area (Å²) in [5.74, 6) is 1.45. The van der Waals surface area contributed by atoms with Gasteiger partial charge in [-0.25, -0.2) is 9.98 Å². The van der Waals surface area contributed by atoms with Gasteiger partial charge in [-0.15, -0.1) is 24.0 Å². The van der Waals surface area contributed by atoms with Crippen LogP contribution < -0.4 is 30.2 Å². The van der Waals surface area contributed by atoms with Gasteiger partial charge in [0.2, 0.25) is 12.7 Å². The fourth-order valence-electron chi connectivity index (χ4n) is 2.84. The largest absolute Gasteiger partial charge is 0.454 e. The van der Waals surface area contributed by atoms with Crippen molar-refractivity contribution in [2.45, 2.75) is 33.4 Å². The lowest BCUT2D eigenvalue weighted by Gasteiger charge is -2.13. The number of carbonyl (C=O) groups excluding carboxylic acids is 1. The van der Waals surface area contributed by atoms with Crippen molar-refractivity contribution in [3.8, 4) is 17.2 Å². The van der Waals surface area contributed by atoms with Crippen LogP contribution in [0.4, 0.5) is 14.6 Å². The van der Waals surface area contributed by atoms with Crippen LogP contribution in [0.25, 0.3) is 0 Å². The molecule has 33 heavy (non-hydrogen) atoms. The number of nitrogens with one attached hydrogen (secondary N) is 3. The highest BCUT2D eigenvalue weighted by Gasteiger charge is 2.20. The lowest BCUT2D eigenvalue weighted by atomic mass is 10.1. The van der Waals surface area contributed by atoms with Crippen molar-refractivity contribution < 1.29 is 27.8 Å². The Morgan fingerprint density at radius 3 is 2.67 bits per heavy atom. The van der Waals surface area contributed by atoms with Crippen LogP contribution in [0.5, 0.6) is 17.2 Å². The molecule has 0 bridgehead atoms. The summed E-state index contributed by atoms with van der Waals surface area (Å²) in [5.41, 5.74) is 1.41. The maximum Gasteiger partial charge on any atom is 0.387 e. The molecule has 0 fully saturated rings. The summed E-state index contributed by atoms with van der Waals surface area (Å²) in [4.78, 5) is 20.6. The first-order valence-electron chi connectivity index (χ1n) is 10.1. The van der Waals surface area contributed by atoms with Crippen LogP contribution in [0.1, 0.15) is 24.5 Å². The third-order valence-corrected chi connectivity index (χ3v) is 4.35. The monoisotopic (exact) mass is 577 g/mol. The maximum atomic E-state index is 12.8. The van der Waals surface area contributed by atoms with Gasteiger partial charge in [-0.05, 0) is 31.5 Å². The number of anilines is 1. The van der Waals surface area contributed by atoms with Crippen molar-refractivity contribution in [3.63, 3.8) is 0 Å². The molecule has 3 N–H and O–H groups in total. The number of nitrogens with zero attached hydrogens (tertiary/aromatic N) is 2. The van der Waals surface area contributed by atoms with Crippen molar-refractivity contribution in [1.82, 2.24) is 15.6 Å². The Bertz CT molecular complexity index is 960. The first-order valence-corrected chi connectivity index (χ1v) is 10.1. The molecule has 1 aliphatic heterocycles. The van der Waals surface area contributed by atoms with Gasteiger partial charge in [-0.3, -0.25) is 4.79 Å². The zero-order valence-electron chi connectivity index (χ0n) is 18.2. The van der Waals surface area contributed by atoms with Gasteiger partial charge in [0.1, 0.15) is 11.6 Å². The molecule has 9 nitrogen and oxygen atoms in total. The minimum absolute atomic E-state index is 0. The third kappa shape index (κ3) is 8.18. The number of halogens is 3. The highest BCUT2D eigenvalue weighted by molar-refractivity contribution is 14.0. The molecule has 3 rings (SSSR count). The van der Waals surface area contributed by atoms with Crippen molar-refractivity contribution in [3.05, 3.63) is 41.6 Å². The van der Waals surface area contributed by atoms with E-state index in [9.17, 15) is 13.6 Å². The number of benzene rings is 1. The van der Waals surface area contributed by atoms with Crippen LogP contribution in [0.3, 0.4) is 0 Å². The smallest absolute Gasteiger partial charge is 0.387 e. The Morgan fingerprint density at radius 2 is 2.00 bits per heavy atom. The van der Waals surface area contributed by atoms with Gasteiger partial charge in [0, 0.05) is 37.3 Å². The number of hydrogen-bond donors (Lipinski definition) is 3. The number of pyridine rings is 1. The molecule has 1 aromatic heterocycles. The fraction of sp³-hybridized carbons (Fsp3) is 0.381. The molecular formula is C21H26F2IN5O4. The number of aliphatic imine (C=N–C) groups is 1. The number of guanidine groups is 1. The Labute approximate surface area is 207 Å². The standard InChI is InChI=1S/C21H25F2N5O4.HI/c1-3-24-21(25-7-6-19(29)28-18-5-4-13(2)10-26-18)27-11-14-8-16-17(31-12-30-16)9-15(14)32-20(22)23;/h4-5,8-10,20H,3,6-7,11-12H2,1-2H3,(H2,24,25,27)(H,26,28,29);1H. The van der Waals surface area contributed by atoms with E-state index in [0.29, 0.717) is 41.9 Å². The predicted octanol–water partition coefficient (Wildman–Crippen LogP) is 3.42. The number of aryl methyl sites for hydroxylation is 1. The minimum atomic E-state index is -2.98. The van der Waals surface area contributed by atoms with Crippen LogP contribution in [0.15, 0.2) is 35.5 Å². The first-order chi connectivity index (χ1) is 15.4. The number of hydrogen-bond acceptors (Lipinski definition) is 6. The molecule has 1 aromatic carbocycles. The van der Waals surface area contributed by atoms with Crippen molar-refractivity contribution >= 4 is 41.7 Å². The van der Waals surface area contributed by atoms with Crippen molar-refractivity contribution in [1.29, 1.82) is 0 Å². The lowest BCUT2D eigenvalue weighted by molar-refractivity contribution is -0.116. The molecule has 0 saturated carbocycles. The summed E-state index contributed by atoms with van der Waals surface area (Å²) in [5, 5.41) is 8.81. The number of amides is 1. The van der Waals surface area contributed by atoms with Gasteiger partial charge in [0.25, 0.3) is 0 Å². The molecule has 12 heteroatoms. The van der Waals surface area contributed by atoms with E-state index in [0.717, 1.165) is 5.56 Å². The van der Waals surface area contributed by atoms with E-state index in [4.69, 9.17) is 9.47 Å². The third-order valence-electron chi connectivity index (χ3n) is 4.35. The van der Waals surface area contributed by atoms with Crippen LogP contribution >= 0.6 is 24.0 Å². The fourth-order valence-corrected chi connectivity index (χ4v) is 2.84. The second-order valence-electron chi connectivity index (χ2n) is 6.83. The van der Waals surface area contributed by atoms with Gasteiger partial charge in [-0.2, -0.15) is 8.78 Å². The van der Waals surface area contributed by atoms with E-state index < -0.39 is 6.61 Å². The highest BCUT2D eigenvalue weighted by atomic mass is 127. The molecule has 0 atom stereocenters. The van der Waals surface area contributed by atoms with Gasteiger partial charge in [0.05, 0.1) is 6.54 Å². The minimum Gasteiger partial charge on any atom is -0.454 e. The summed E-state index contributed by atoms with van der Waals surface area (Å²) >= 11 is 0. The second kappa shape index (κ2) is 13.0. The molecule has 0 aliphatic carbocycles. The molecule has 2 heterocycles. The van der Waals surface area contributed by atoms with E-state index in [1.54, 1.807) is 18.3 Å². The molecule has 0 spiro atoms. The van der Waals surface area contributed by atoms with E-state index >= 15 is 0 Å². The molecular weight excluding hydrogens is 551 g/mol. The highest BCUT2D eigenvalue weighted by Crippen LogP contribution is 2.39. The molecule has 0 unspecified atom stereocenters. The van der Waals surface area contributed by atoms with E-state index in [1.165, 1.54) is 6.07 Å². The molecule has 2 aromatic rings. The Hall–Kier alpha value is -2.90. The van der Waals surface area contributed by atoms with E-state index in [1.807, 2.05) is 19.9 Å². The lowest BCUT2D eigenvalue weighted by Crippen LogP contribution is -2.38. The normalized spacial score (nSPS) is 12.2. The number of ether oxygens (including phenoxy) is 3. The Kier molecular flexibility index (Phi) is 10.4. The zero-order valence-corrected chi connectivity index (χ0v) is 20.5. The average molecular weight is 577 g/mol. The van der Waals surface area contributed by atoms with Crippen LogP contribution in [-0.2, 0) is 11.3 Å². The molecule has 1 amide bonds. The zero-order chi connectivity index (χ0) is 22.9. The van der Waals surface area contributed by atoms with Crippen molar-refractivity contribution in [2.75, 3.05) is 25.2 Å². The summed E-state index contributed by atoms with van der Waals surface area (Å²) < 4.78 is 40.7. The van der Waals surface area contributed by atoms with Gasteiger partial charge < -0.3 is 30.2 Å². The Balaban J connectivity index is 0.00000385. The average Bonchev–Trinajstić information content (AvgIpc) is 3.20. The van der Waals surface area contributed by atoms with Gasteiger partial charge >= 0.3 is 6.61 Å². The van der Waals surface area contributed by atoms with Crippen LogP contribution in [0.2, 0.25) is 0 Å². The quantitative estimate of drug-likeness (QED) is 0.238. The number of carbonyl (C=O) groups is 1. The molecule has 180 valence electrons. The molecule has 0 saturated heterocycles. The number of aromatic nitrogens is 1. The van der Waals surface area contributed by atoms with Crippen molar-refractivity contribution in [2.24, 2.45) is 4.99 Å². The van der Waals surface area contributed by atoms with E-state index in [-0.39, 0.29) is 55.4 Å². The Morgan fingerprint density at radius 1 is 1.24 bits per heavy atom. The van der Waals surface area contributed by atoms with Gasteiger partial charge in [-0.1, -0.05) is 6.07 Å². The van der Waals surface area contributed by atoms with Crippen LogP contribution in [-0.4, -0.2) is 43.3 Å². The molecule has 0 radical (unpaired) electrons. The summed E-state index contributed by atoms with van der Waals surface area (Å²) in [6, 6.07) is 6.52. The maximum absolute atomic E-state index is 12.8. The SMILES string of the molecule is CCNC(=NCc1cc2c(cc1OC(F)F)OCO2)NCCC(=O)Nc1ccc(C)cn1.I. The summed E-state index contributed by atoms with van der Waals surface area (Å²) in [6.07, 6.45) is 1.86. The first kappa shape index (κ1) is 26.4. The molecule has 1 aliphatic rings. The second-order valence-corrected chi connectivity index (χ2v) is 6.83. The van der Waals surface area contributed by atoms with E-state index in [2.05, 4.69) is 30.7 Å². The summed E-state index contributed by atoms with van der Waals surface area (Å²) in [7, 11) is 0. The topological polar surface area (TPSA) is 106 Å². The predicted molar refractivity (Wildman–Crippen MR) is 130 cm³/mol.